The van der Waals surface area contributed by atoms with Crippen LogP contribution in [0.5, 0.6) is 5.75 Å². The van der Waals surface area contributed by atoms with Gasteiger partial charge in [0.15, 0.2) is 0 Å². The second-order valence-corrected chi connectivity index (χ2v) is 6.57. The number of piperazine rings is 1. The lowest BCUT2D eigenvalue weighted by molar-refractivity contribution is 0.0663. The van der Waals surface area contributed by atoms with Crippen LogP contribution in [0.4, 0.5) is 10.1 Å². The van der Waals surface area contributed by atoms with Gasteiger partial charge in [0.2, 0.25) is 0 Å². The molecule has 25 heavy (non-hydrogen) atoms. The summed E-state index contributed by atoms with van der Waals surface area (Å²) in [5.41, 5.74) is 1.03. The lowest BCUT2D eigenvalue weighted by Gasteiger charge is -2.36. The Balaban J connectivity index is 1.42. The number of rotatable bonds is 6. The molecule has 1 aliphatic heterocycles. The van der Waals surface area contributed by atoms with Gasteiger partial charge in [-0.2, -0.15) is 0 Å². The molecule has 0 saturated carbocycles. The summed E-state index contributed by atoms with van der Waals surface area (Å²) in [6.07, 6.45) is -0.575. The van der Waals surface area contributed by atoms with Crippen molar-refractivity contribution in [2.45, 2.75) is 6.10 Å². The number of benzene rings is 2. The fraction of sp³-hybridized carbons (Fsp3) is 0.368. The van der Waals surface area contributed by atoms with E-state index in [1.807, 2.05) is 12.1 Å². The summed E-state index contributed by atoms with van der Waals surface area (Å²) >= 11 is 6.04. The average Bonchev–Trinajstić information content (AvgIpc) is 2.62. The van der Waals surface area contributed by atoms with Crippen LogP contribution in [0.1, 0.15) is 0 Å². The van der Waals surface area contributed by atoms with E-state index in [9.17, 15) is 9.50 Å². The zero-order valence-electron chi connectivity index (χ0n) is 13.9. The molecule has 1 heterocycles. The second-order valence-electron chi connectivity index (χ2n) is 6.16. The number of hydrogen-bond donors (Lipinski definition) is 1. The van der Waals surface area contributed by atoms with Gasteiger partial charge in [0.1, 0.15) is 24.3 Å². The van der Waals surface area contributed by atoms with Gasteiger partial charge in [-0.3, -0.25) is 4.90 Å². The molecule has 4 nitrogen and oxygen atoms in total. The lowest BCUT2D eigenvalue weighted by atomic mass is 10.2. The Morgan fingerprint density at radius 2 is 1.72 bits per heavy atom. The van der Waals surface area contributed by atoms with Gasteiger partial charge in [-0.25, -0.2) is 4.39 Å². The van der Waals surface area contributed by atoms with Crippen LogP contribution in [-0.2, 0) is 0 Å². The number of hydrogen-bond acceptors (Lipinski definition) is 4. The highest BCUT2D eigenvalue weighted by Gasteiger charge is 2.20. The minimum absolute atomic E-state index is 0.210. The van der Waals surface area contributed by atoms with Crippen molar-refractivity contribution in [2.75, 3.05) is 44.2 Å². The first kappa shape index (κ1) is 18.0. The molecular weight excluding hydrogens is 343 g/mol. The lowest BCUT2D eigenvalue weighted by Crippen LogP contribution is -2.49. The fourth-order valence-electron chi connectivity index (χ4n) is 2.94. The van der Waals surface area contributed by atoms with E-state index in [0.717, 1.165) is 31.9 Å². The van der Waals surface area contributed by atoms with Crippen molar-refractivity contribution in [1.29, 1.82) is 0 Å². The zero-order chi connectivity index (χ0) is 17.6. The maximum absolute atomic E-state index is 13.0. The minimum Gasteiger partial charge on any atom is -0.489 e. The first-order valence-electron chi connectivity index (χ1n) is 8.40. The van der Waals surface area contributed by atoms with Gasteiger partial charge in [0, 0.05) is 38.4 Å². The zero-order valence-corrected chi connectivity index (χ0v) is 14.7. The predicted molar refractivity (Wildman–Crippen MR) is 98.0 cm³/mol. The summed E-state index contributed by atoms with van der Waals surface area (Å²) in [5, 5.41) is 10.7. The van der Waals surface area contributed by atoms with Crippen LogP contribution in [0, 0.1) is 5.82 Å². The molecule has 6 heteroatoms. The van der Waals surface area contributed by atoms with Crippen molar-refractivity contribution in [1.82, 2.24) is 4.90 Å². The van der Waals surface area contributed by atoms with E-state index in [2.05, 4.69) is 9.80 Å². The Morgan fingerprint density at radius 1 is 1.04 bits per heavy atom. The SMILES string of the molecule is O[C@@H](COc1ccccc1Cl)CN1CCN(c2ccc(F)cc2)CC1. The molecule has 3 rings (SSSR count). The van der Waals surface area contributed by atoms with Crippen LogP contribution < -0.4 is 9.64 Å². The van der Waals surface area contributed by atoms with Gasteiger partial charge in [0.05, 0.1) is 5.02 Å². The minimum atomic E-state index is -0.575. The molecule has 1 aliphatic rings. The number of ether oxygens (including phenoxy) is 1. The Kier molecular flexibility index (Phi) is 6.13. The van der Waals surface area contributed by atoms with E-state index in [0.29, 0.717) is 17.3 Å². The molecular formula is C19H22ClFN2O2. The smallest absolute Gasteiger partial charge is 0.138 e. The van der Waals surface area contributed by atoms with Gasteiger partial charge in [-0.15, -0.1) is 0 Å². The van der Waals surface area contributed by atoms with Crippen molar-refractivity contribution in [2.24, 2.45) is 0 Å². The molecule has 1 fully saturated rings. The van der Waals surface area contributed by atoms with Crippen LogP contribution >= 0.6 is 11.6 Å². The van der Waals surface area contributed by atoms with E-state index in [-0.39, 0.29) is 12.4 Å². The first-order valence-corrected chi connectivity index (χ1v) is 8.78. The van der Waals surface area contributed by atoms with Crippen molar-refractivity contribution in [3.05, 3.63) is 59.4 Å². The average molecular weight is 365 g/mol. The molecule has 2 aromatic carbocycles. The maximum atomic E-state index is 13.0. The van der Waals surface area contributed by atoms with Gasteiger partial charge in [0.25, 0.3) is 0 Å². The quantitative estimate of drug-likeness (QED) is 0.854. The van der Waals surface area contributed by atoms with Crippen LogP contribution in [0.15, 0.2) is 48.5 Å². The molecule has 0 unspecified atom stereocenters. The second kappa shape index (κ2) is 8.52. The predicted octanol–water partition coefficient (Wildman–Crippen LogP) is 3.04. The number of aliphatic hydroxyl groups is 1. The Bertz CT molecular complexity index is 675. The van der Waals surface area contributed by atoms with Crippen LogP contribution in [-0.4, -0.2) is 55.4 Å². The number of β-amino-alcohol motifs (C(OH)–C–C–N with tert-alkyl or cyclic N) is 1. The highest BCUT2D eigenvalue weighted by molar-refractivity contribution is 6.32. The van der Waals surface area contributed by atoms with Crippen molar-refractivity contribution >= 4 is 17.3 Å². The topological polar surface area (TPSA) is 35.9 Å². The summed E-state index contributed by atoms with van der Waals surface area (Å²) < 4.78 is 18.6. The summed E-state index contributed by atoms with van der Waals surface area (Å²) in [4.78, 5) is 4.43. The Hall–Kier alpha value is -1.82. The van der Waals surface area contributed by atoms with Gasteiger partial charge in [-0.1, -0.05) is 23.7 Å². The number of anilines is 1. The number of aliphatic hydroxyl groups excluding tert-OH is 1. The number of nitrogens with zero attached hydrogens (tertiary/aromatic N) is 2. The molecule has 1 atom stereocenters. The Morgan fingerprint density at radius 3 is 2.40 bits per heavy atom. The molecule has 0 bridgehead atoms. The summed E-state index contributed by atoms with van der Waals surface area (Å²) in [7, 11) is 0. The summed E-state index contributed by atoms with van der Waals surface area (Å²) in [5.74, 6) is 0.369. The van der Waals surface area contributed by atoms with Crippen LogP contribution in [0.2, 0.25) is 5.02 Å². The molecule has 134 valence electrons. The summed E-state index contributed by atoms with van der Waals surface area (Å²) in [6.45, 7) is 4.16. The van der Waals surface area contributed by atoms with Crippen molar-refractivity contribution in [3.8, 4) is 5.75 Å². The standard InChI is InChI=1S/C19H22ClFN2O2/c20-18-3-1-2-4-19(18)25-14-17(24)13-22-9-11-23(12-10-22)16-7-5-15(21)6-8-16/h1-8,17,24H,9-14H2/t17-/m1/s1. The van der Waals surface area contributed by atoms with E-state index >= 15 is 0 Å². The van der Waals surface area contributed by atoms with Gasteiger partial charge < -0.3 is 14.7 Å². The van der Waals surface area contributed by atoms with Gasteiger partial charge in [-0.05, 0) is 36.4 Å². The van der Waals surface area contributed by atoms with Gasteiger partial charge >= 0.3 is 0 Å². The molecule has 0 radical (unpaired) electrons. The van der Waals surface area contributed by atoms with Crippen LogP contribution in [0.25, 0.3) is 0 Å². The maximum Gasteiger partial charge on any atom is 0.138 e. The monoisotopic (exact) mass is 364 g/mol. The van der Waals surface area contributed by atoms with Crippen LogP contribution in [0.3, 0.4) is 0 Å². The van der Waals surface area contributed by atoms with Crippen molar-refractivity contribution < 1.29 is 14.2 Å². The molecule has 1 saturated heterocycles. The molecule has 2 aromatic rings. The van der Waals surface area contributed by atoms with E-state index in [1.54, 1.807) is 24.3 Å². The van der Waals surface area contributed by atoms with E-state index < -0.39 is 6.10 Å². The number of halogens is 2. The largest absolute Gasteiger partial charge is 0.489 e. The molecule has 0 aromatic heterocycles. The van der Waals surface area contributed by atoms with Crippen molar-refractivity contribution in [3.63, 3.8) is 0 Å². The highest BCUT2D eigenvalue weighted by atomic mass is 35.5. The first-order chi connectivity index (χ1) is 12.1. The fourth-order valence-corrected chi connectivity index (χ4v) is 3.13. The molecule has 0 spiro atoms. The van der Waals surface area contributed by atoms with E-state index in [1.165, 1.54) is 12.1 Å². The third kappa shape index (κ3) is 5.08. The third-order valence-electron chi connectivity index (χ3n) is 4.30. The third-order valence-corrected chi connectivity index (χ3v) is 4.61. The normalized spacial score (nSPS) is 16.7. The molecule has 1 N–H and O–H groups in total. The highest BCUT2D eigenvalue weighted by Crippen LogP contribution is 2.23. The number of para-hydroxylation sites is 1. The summed E-state index contributed by atoms with van der Waals surface area (Å²) in [6, 6.07) is 13.8. The Labute approximate surface area is 152 Å². The molecule has 0 aliphatic carbocycles. The molecule has 0 amide bonds. The van der Waals surface area contributed by atoms with E-state index in [4.69, 9.17) is 16.3 Å².